The number of nitrogens with zero attached hydrogens (tertiary/aromatic N) is 3. The van der Waals surface area contributed by atoms with E-state index in [1.165, 1.54) is 63.4 Å². The Labute approximate surface area is 323 Å². The van der Waals surface area contributed by atoms with Gasteiger partial charge in [-0.25, -0.2) is 9.97 Å². The summed E-state index contributed by atoms with van der Waals surface area (Å²) in [5.74, 6) is 0.989. The van der Waals surface area contributed by atoms with Gasteiger partial charge in [-0.15, -0.1) is 0 Å². The van der Waals surface area contributed by atoms with Crippen LogP contribution in [0.25, 0.3) is 61.4 Å². The molecule has 11 rings (SSSR count). The van der Waals surface area contributed by atoms with E-state index in [0.29, 0.717) is 11.9 Å². The van der Waals surface area contributed by atoms with Crippen molar-refractivity contribution in [2.24, 2.45) is 0 Å². The van der Waals surface area contributed by atoms with Gasteiger partial charge in [0.15, 0.2) is 0 Å². The van der Waals surface area contributed by atoms with Crippen molar-refractivity contribution >= 4 is 67.8 Å². The molecule has 3 nitrogen and oxygen atoms in total. The molecule has 0 radical (unpaired) electrons. The Kier molecular flexibility index (Phi) is 7.20. The average molecular weight is 730 g/mol. The first-order valence-electron chi connectivity index (χ1n) is 18.6. The van der Waals surface area contributed by atoms with E-state index in [1.54, 1.807) is 0 Å². The van der Waals surface area contributed by atoms with Gasteiger partial charge in [0.25, 0.3) is 0 Å². The van der Waals surface area contributed by atoms with Crippen LogP contribution in [-0.4, -0.2) is 14.5 Å². The number of thioether (sulfide) groups is 2. The predicted octanol–water partition coefficient (Wildman–Crippen LogP) is 13.4. The van der Waals surface area contributed by atoms with Crippen molar-refractivity contribution in [1.82, 2.24) is 14.5 Å². The molecule has 258 valence electrons. The maximum atomic E-state index is 5.53. The van der Waals surface area contributed by atoms with E-state index in [4.69, 9.17) is 9.97 Å². The van der Waals surface area contributed by atoms with Crippen LogP contribution in [0.5, 0.6) is 0 Å². The fraction of sp³-hybridized carbons (Fsp3) is 0.102. The number of aromatic nitrogens is 3. The van der Waals surface area contributed by atoms with Crippen LogP contribution in [0.4, 0.5) is 0 Å². The average Bonchev–Trinajstić information content (AvgIpc) is 3.70. The monoisotopic (exact) mass is 729 g/mol. The maximum Gasteiger partial charge on any atom is 0.235 e. The molecule has 0 saturated heterocycles. The molecule has 0 spiro atoms. The van der Waals surface area contributed by atoms with E-state index in [1.807, 2.05) is 23.5 Å². The van der Waals surface area contributed by atoms with Crippen molar-refractivity contribution in [3.63, 3.8) is 0 Å². The third-order valence-electron chi connectivity index (χ3n) is 11.4. The zero-order valence-electron chi connectivity index (χ0n) is 30.0. The zero-order valence-corrected chi connectivity index (χ0v) is 31.6. The fourth-order valence-corrected chi connectivity index (χ4v) is 11.2. The molecule has 2 aromatic heterocycles. The van der Waals surface area contributed by atoms with Crippen molar-refractivity contribution in [2.75, 3.05) is 0 Å². The van der Waals surface area contributed by atoms with Gasteiger partial charge in [0.1, 0.15) is 0 Å². The van der Waals surface area contributed by atoms with Gasteiger partial charge in [-0.2, -0.15) is 0 Å². The standard InChI is InChI=1S/C49H35N3S2/c1-49(2)37(31-14-5-3-6-15-31)29-38-46(49)47(32-16-7-4-8-17-32)51-48(50-38)52-39-24-22-33(27-36(39)45-35-18-10-9-13-30(35)21-25-40(45)52)34-23-26-43-44(28-34)54-42-20-12-11-19-41(42)53-43/h3-27,29,34H,28H2,1-2H3. The minimum Gasteiger partial charge on any atom is -0.278 e. The third kappa shape index (κ3) is 4.92. The van der Waals surface area contributed by atoms with E-state index < -0.39 is 0 Å². The molecule has 0 amide bonds. The molecule has 0 saturated carbocycles. The molecular weight excluding hydrogens is 695 g/mol. The fourth-order valence-electron chi connectivity index (χ4n) is 8.81. The van der Waals surface area contributed by atoms with E-state index in [9.17, 15) is 0 Å². The highest BCUT2D eigenvalue weighted by Gasteiger charge is 2.38. The molecule has 0 fully saturated rings. The van der Waals surface area contributed by atoms with E-state index >= 15 is 0 Å². The zero-order chi connectivity index (χ0) is 36.0. The molecule has 1 unspecified atom stereocenters. The summed E-state index contributed by atoms with van der Waals surface area (Å²) in [6.07, 6.45) is 8.06. The Morgan fingerprint density at radius 2 is 1.37 bits per heavy atom. The minimum atomic E-state index is -0.285. The summed E-state index contributed by atoms with van der Waals surface area (Å²) < 4.78 is 2.30. The molecule has 2 aliphatic carbocycles. The second kappa shape index (κ2) is 12.2. The van der Waals surface area contributed by atoms with Crippen LogP contribution in [0.2, 0.25) is 0 Å². The Hall–Kier alpha value is -5.62. The van der Waals surface area contributed by atoms with Crippen molar-refractivity contribution in [1.29, 1.82) is 0 Å². The smallest absolute Gasteiger partial charge is 0.235 e. The molecule has 3 heterocycles. The highest BCUT2D eigenvalue weighted by Crippen LogP contribution is 2.53. The summed E-state index contributed by atoms with van der Waals surface area (Å²) in [6.45, 7) is 4.62. The second-order valence-electron chi connectivity index (χ2n) is 14.9. The van der Waals surface area contributed by atoms with E-state index in [0.717, 1.165) is 34.4 Å². The first-order chi connectivity index (χ1) is 26.5. The molecule has 0 bridgehead atoms. The Morgan fingerprint density at radius 1 is 0.667 bits per heavy atom. The molecule has 54 heavy (non-hydrogen) atoms. The quantitative estimate of drug-likeness (QED) is 0.180. The van der Waals surface area contributed by atoms with Crippen LogP contribution in [0.15, 0.2) is 171 Å². The molecule has 6 aromatic carbocycles. The number of hydrogen-bond acceptors (Lipinski definition) is 4. The molecule has 1 aliphatic heterocycles. The first-order valence-corrected chi connectivity index (χ1v) is 20.2. The van der Waals surface area contributed by atoms with Gasteiger partial charge < -0.3 is 0 Å². The van der Waals surface area contributed by atoms with Crippen LogP contribution in [-0.2, 0) is 5.41 Å². The summed E-state index contributed by atoms with van der Waals surface area (Å²) in [5.41, 5.74) is 9.99. The van der Waals surface area contributed by atoms with Crippen LogP contribution < -0.4 is 0 Å². The molecule has 1 atom stereocenters. The van der Waals surface area contributed by atoms with Crippen LogP contribution >= 0.6 is 23.5 Å². The van der Waals surface area contributed by atoms with Crippen LogP contribution in [0, 0.1) is 0 Å². The molecule has 8 aromatic rings. The number of benzene rings is 6. The van der Waals surface area contributed by atoms with Gasteiger partial charge in [0, 0.05) is 52.8 Å². The van der Waals surface area contributed by atoms with Gasteiger partial charge in [-0.05, 0) is 70.3 Å². The lowest BCUT2D eigenvalue weighted by molar-refractivity contribution is 0.696. The largest absolute Gasteiger partial charge is 0.278 e. The van der Waals surface area contributed by atoms with Crippen molar-refractivity contribution < 1.29 is 0 Å². The third-order valence-corrected chi connectivity index (χ3v) is 14.1. The Bertz CT molecular complexity index is 2930. The Morgan fingerprint density at radius 3 is 2.19 bits per heavy atom. The van der Waals surface area contributed by atoms with Crippen LogP contribution in [0.1, 0.15) is 48.6 Å². The van der Waals surface area contributed by atoms with Crippen LogP contribution in [0.3, 0.4) is 0 Å². The molecular formula is C49H35N3S2. The Balaban J connectivity index is 1.11. The first kappa shape index (κ1) is 31.9. The lowest BCUT2D eigenvalue weighted by Crippen LogP contribution is -2.19. The summed E-state index contributed by atoms with van der Waals surface area (Å²) in [7, 11) is 0. The highest BCUT2D eigenvalue weighted by molar-refractivity contribution is 8.09. The lowest BCUT2D eigenvalue weighted by Gasteiger charge is -2.27. The second-order valence-corrected chi connectivity index (χ2v) is 17.2. The van der Waals surface area contributed by atoms with Gasteiger partial charge in [-0.1, -0.05) is 159 Å². The van der Waals surface area contributed by atoms with Crippen molar-refractivity contribution in [2.45, 2.75) is 41.4 Å². The summed E-state index contributed by atoms with van der Waals surface area (Å²) in [6, 6.07) is 50.5. The topological polar surface area (TPSA) is 30.7 Å². The predicted molar refractivity (Wildman–Crippen MR) is 228 cm³/mol. The van der Waals surface area contributed by atoms with Crippen molar-refractivity contribution in [3.8, 4) is 17.2 Å². The summed E-state index contributed by atoms with van der Waals surface area (Å²) >= 11 is 3.84. The number of rotatable bonds is 4. The molecule has 5 heteroatoms. The summed E-state index contributed by atoms with van der Waals surface area (Å²) in [4.78, 5) is 16.6. The summed E-state index contributed by atoms with van der Waals surface area (Å²) in [5, 5.41) is 4.95. The normalized spacial score (nSPS) is 17.1. The number of fused-ring (bicyclic) bond motifs is 7. The molecule has 0 N–H and O–H groups in total. The highest BCUT2D eigenvalue weighted by atomic mass is 32.2. The van der Waals surface area contributed by atoms with Gasteiger partial charge >= 0.3 is 0 Å². The van der Waals surface area contributed by atoms with E-state index in [2.05, 4.69) is 176 Å². The molecule has 3 aliphatic rings. The SMILES string of the molecule is CC1(C)C(c2ccccc2)=Cc2nc(-n3c4ccc(C5C=CC6=C(C5)Sc5ccccc5S6)cc4c4c5ccccc5ccc43)nc(-c3ccccc3)c21. The lowest BCUT2D eigenvalue weighted by atomic mass is 9.77. The van der Waals surface area contributed by atoms with Gasteiger partial charge in [0.05, 0.1) is 22.4 Å². The number of hydrogen-bond donors (Lipinski definition) is 0. The van der Waals surface area contributed by atoms with E-state index in [-0.39, 0.29) is 5.41 Å². The number of allylic oxidation sites excluding steroid dienone is 4. The van der Waals surface area contributed by atoms with Gasteiger partial charge in [-0.3, -0.25) is 4.57 Å². The van der Waals surface area contributed by atoms with Crippen molar-refractivity contribution in [3.05, 3.63) is 184 Å². The van der Waals surface area contributed by atoms with Gasteiger partial charge in [0.2, 0.25) is 5.95 Å². The minimum absolute atomic E-state index is 0.285. The maximum absolute atomic E-state index is 5.53.